The zero-order valence-corrected chi connectivity index (χ0v) is 11.6. The van der Waals surface area contributed by atoms with Gasteiger partial charge in [0, 0.05) is 19.4 Å². The van der Waals surface area contributed by atoms with Gasteiger partial charge in [0.15, 0.2) is 0 Å². The molecule has 0 amide bonds. The number of rotatable bonds is 5. The van der Waals surface area contributed by atoms with Crippen LogP contribution < -0.4 is 5.32 Å². The second-order valence-electron chi connectivity index (χ2n) is 5.35. The number of nitrogens with zero attached hydrogens (tertiary/aromatic N) is 2. The fourth-order valence-corrected chi connectivity index (χ4v) is 3.00. The van der Waals surface area contributed by atoms with E-state index < -0.39 is 0 Å². The van der Waals surface area contributed by atoms with Gasteiger partial charge in [0.05, 0.1) is 6.04 Å². The van der Waals surface area contributed by atoms with E-state index >= 15 is 0 Å². The van der Waals surface area contributed by atoms with Crippen molar-refractivity contribution in [2.24, 2.45) is 13.0 Å². The third-order valence-electron chi connectivity index (χ3n) is 4.06. The predicted molar refractivity (Wildman–Crippen MR) is 76.9 cm³/mol. The number of hydrogen-bond donors (Lipinski definition) is 1. The molecule has 3 heteroatoms. The van der Waals surface area contributed by atoms with Gasteiger partial charge in [0.25, 0.3) is 0 Å². The van der Waals surface area contributed by atoms with Gasteiger partial charge in [-0.2, -0.15) is 0 Å². The number of benzene rings is 1. The number of aryl methyl sites for hydroxylation is 1. The Labute approximate surface area is 114 Å². The van der Waals surface area contributed by atoms with E-state index in [9.17, 15) is 0 Å². The average Bonchev–Trinajstić information content (AvgIpc) is 3.12. The van der Waals surface area contributed by atoms with E-state index in [1.807, 2.05) is 12.4 Å². The summed E-state index contributed by atoms with van der Waals surface area (Å²) in [6, 6.07) is 11.2. The highest BCUT2D eigenvalue weighted by Gasteiger charge is 2.45. The van der Waals surface area contributed by atoms with E-state index in [0.29, 0.717) is 17.9 Å². The van der Waals surface area contributed by atoms with Gasteiger partial charge in [-0.25, -0.2) is 4.98 Å². The quantitative estimate of drug-likeness (QED) is 0.890. The van der Waals surface area contributed by atoms with Crippen LogP contribution in [0.25, 0.3) is 0 Å². The topological polar surface area (TPSA) is 29.9 Å². The van der Waals surface area contributed by atoms with Crippen molar-refractivity contribution >= 4 is 0 Å². The van der Waals surface area contributed by atoms with Crippen molar-refractivity contribution in [3.05, 3.63) is 54.1 Å². The largest absolute Gasteiger partial charge is 0.337 e. The molecule has 2 aromatic rings. The lowest BCUT2D eigenvalue weighted by Crippen LogP contribution is -2.26. The number of hydrogen-bond acceptors (Lipinski definition) is 2. The Morgan fingerprint density at radius 2 is 2.16 bits per heavy atom. The lowest BCUT2D eigenvalue weighted by atomic mass is 10.0. The summed E-state index contributed by atoms with van der Waals surface area (Å²) in [4.78, 5) is 4.52. The van der Waals surface area contributed by atoms with Crippen molar-refractivity contribution in [3.63, 3.8) is 0 Å². The summed E-state index contributed by atoms with van der Waals surface area (Å²) in [7, 11) is 2.08. The van der Waals surface area contributed by atoms with E-state index in [2.05, 4.69) is 59.2 Å². The molecular formula is C16H21N3. The van der Waals surface area contributed by atoms with Crippen molar-refractivity contribution in [2.45, 2.75) is 25.3 Å². The fourth-order valence-electron chi connectivity index (χ4n) is 3.00. The van der Waals surface area contributed by atoms with E-state index in [1.165, 1.54) is 12.0 Å². The third kappa shape index (κ3) is 2.43. The summed E-state index contributed by atoms with van der Waals surface area (Å²) >= 11 is 0. The molecule has 1 saturated carbocycles. The van der Waals surface area contributed by atoms with Crippen molar-refractivity contribution in [3.8, 4) is 0 Å². The van der Waals surface area contributed by atoms with Gasteiger partial charge < -0.3 is 9.88 Å². The number of nitrogens with one attached hydrogen (secondary N) is 1. The molecule has 100 valence electrons. The minimum Gasteiger partial charge on any atom is -0.337 e. The molecule has 3 unspecified atom stereocenters. The second kappa shape index (κ2) is 5.17. The molecule has 0 radical (unpaired) electrons. The normalized spacial score (nSPS) is 23.3. The smallest absolute Gasteiger partial charge is 0.125 e. The van der Waals surface area contributed by atoms with Crippen LogP contribution in [-0.4, -0.2) is 16.1 Å². The number of imidazole rings is 1. The Hall–Kier alpha value is -1.61. The van der Waals surface area contributed by atoms with E-state index in [-0.39, 0.29) is 0 Å². The SMILES string of the molecule is CCNC(c1nccn1C)C1CC1c1ccccc1. The van der Waals surface area contributed by atoms with Crippen LogP contribution in [0.5, 0.6) is 0 Å². The fraction of sp³-hybridized carbons (Fsp3) is 0.438. The van der Waals surface area contributed by atoms with Crippen molar-refractivity contribution in [1.82, 2.24) is 14.9 Å². The summed E-state index contributed by atoms with van der Waals surface area (Å²) in [5.74, 6) is 2.51. The van der Waals surface area contributed by atoms with Gasteiger partial charge in [0.1, 0.15) is 5.82 Å². The van der Waals surface area contributed by atoms with Gasteiger partial charge in [-0.15, -0.1) is 0 Å². The van der Waals surface area contributed by atoms with Crippen LogP contribution in [0, 0.1) is 5.92 Å². The van der Waals surface area contributed by atoms with Crippen LogP contribution in [0.1, 0.15) is 36.7 Å². The molecule has 0 saturated heterocycles. The molecule has 1 heterocycles. The first-order valence-corrected chi connectivity index (χ1v) is 7.06. The van der Waals surface area contributed by atoms with E-state index in [4.69, 9.17) is 0 Å². The molecule has 3 atom stereocenters. The van der Waals surface area contributed by atoms with E-state index in [0.717, 1.165) is 12.4 Å². The highest BCUT2D eigenvalue weighted by molar-refractivity contribution is 5.27. The molecule has 3 nitrogen and oxygen atoms in total. The molecule has 1 aliphatic rings. The number of aromatic nitrogens is 2. The molecule has 1 aromatic carbocycles. The van der Waals surface area contributed by atoms with Gasteiger partial charge >= 0.3 is 0 Å². The Balaban J connectivity index is 1.79. The van der Waals surface area contributed by atoms with Crippen LogP contribution in [0.3, 0.4) is 0 Å². The molecule has 1 N–H and O–H groups in total. The summed E-state index contributed by atoms with van der Waals surface area (Å²) in [6.07, 6.45) is 5.17. The minimum atomic E-state index is 0.371. The first-order valence-electron chi connectivity index (χ1n) is 7.06. The van der Waals surface area contributed by atoms with Gasteiger partial charge in [0.2, 0.25) is 0 Å². The molecule has 0 bridgehead atoms. The third-order valence-corrected chi connectivity index (χ3v) is 4.06. The molecule has 3 rings (SSSR count). The lowest BCUT2D eigenvalue weighted by Gasteiger charge is -2.18. The second-order valence-corrected chi connectivity index (χ2v) is 5.35. The van der Waals surface area contributed by atoms with Crippen LogP contribution in [0.15, 0.2) is 42.7 Å². The highest BCUT2D eigenvalue weighted by Crippen LogP contribution is 2.53. The zero-order valence-electron chi connectivity index (χ0n) is 11.6. The van der Waals surface area contributed by atoms with Gasteiger partial charge in [-0.1, -0.05) is 37.3 Å². The molecule has 1 aromatic heterocycles. The summed E-state index contributed by atoms with van der Waals surface area (Å²) < 4.78 is 2.13. The molecule has 19 heavy (non-hydrogen) atoms. The first-order chi connectivity index (χ1) is 9.31. The molecule has 0 aliphatic heterocycles. The first kappa shape index (κ1) is 12.4. The summed E-state index contributed by atoms with van der Waals surface area (Å²) in [5.41, 5.74) is 1.46. The van der Waals surface area contributed by atoms with Crippen LogP contribution in [0.2, 0.25) is 0 Å². The highest BCUT2D eigenvalue weighted by atomic mass is 15.1. The maximum absolute atomic E-state index is 4.52. The van der Waals surface area contributed by atoms with Crippen LogP contribution >= 0.6 is 0 Å². The van der Waals surface area contributed by atoms with Gasteiger partial charge in [-0.05, 0) is 30.4 Å². The van der Waals surface area contributed by atoms with Crippen LogP contribution in [-0.2, 0) is 7.05 Å². The lowest BCUT2D eigenvalue weighted by molar-refractivity contribution is 0.452. The summed E-state index contributed by atoms with van der Waals surface area (Å²) in [5, 5.41) is 3.60. The Morgan fingerprint density at radius 3 is 2.79 bits per heavy atom. The maximum atomic E-state index is 4.52. The summed E-state index contributed by atoms with van der Waals surface area (Å²) in [6.45, 7) is 3.14. The molecule has 1 aliphatic carbocycles. The Kier molecular flexibility index (Phi) is 3.38. The van der Waals surface area contributed by atoms with Gasteiger partial charge in [-0.3, -0.25) is 0 Å². The Bertz CT molecular complexity index is 532. The van der Waals surface area contributed by atoms with Crippen molar-refractivity contribution in [1.29, 1.82) is 0 Å². The zero-order chi connectivity index (χ0) is 13.2. The molecule has 0 spiro atoms. The molecular weight excluding hydrogens is 234 g/mol. The van der Waals surface area contributed by atoms with Crippen molar-refractivity contribution in [2.75, 3.05) is 6.54 Å². The average molecular weight is 255 g/mol. The van der Waals surface area contributed by atoms with Crippen LogP contribution in [0.4, 0.5) is 0 Å². The molecule has 1 fully saturated rings. The minimum absolute atomic E-state index is 0.371. The van der Waals surface area contributed by atoms with Crippen molar-refractivity contribution < 1.29 is 0 Å². The predicted octanol–water partition coefficient (Wildman–Crippen LogP) is 2.87. The standard InChI is InChI=1S/C16H21N3/c1-3-17-15(16-18-9-10-19(16)2)14-11-13(14)12-7-5-4-6-8-12/h4-10,13-15,17H,3,11H2,1-2H3. The Morgan fingerprint density at radius 1 is 1.37 bits per heavy atom. The monoisotopic (exact) mass is 255 g/mol. The van der Waals surface area contributed by atoms with E-state index in [1.54, 1.807) is 0 Å². The maximum Gasteiger partial charge on any atom is 0.125 e.